The number of likely N-dealkylation sites (tertiary alicyclic amines) is 1. The Kier molecular flexibility index (Phi) is 5.03. The van der Waals surface area contributed by atoms with E-state index >= 15 is 0 Å². The molecule has 3 N–H and O–H groups in total. The highest BCUT2D eigenvalue weighted by molar-refractivity contribution is 5.95. The number of hydrogen-bond donors (Lipinski definition) is 2. The van der Waals surface area contributed by atoms with Gasteiger partial charge in [0.15, 0.2) is 0 Å². The topological polar surface area (TPSA) is 97.1 Å². The number of carbonyl (C=O) groups is 2. The third-order valence-corrected chi connectivity index (χ3v) is 6.64. The highest BCUT2D eigenvalue weighted by atomic mass is 16.8. The van der Waals surface area contributed by atoms with Crippen molar-refractivity contribution in [3.8, 4) is 0 Å². The number of rotatable bonds is 5. The molecule has 8 heteroatoms. The molecular formula is C23H26N4O4. The van der Waals surface area contributed by atoms with Gasteiger partial charge in [-0.05, 0) is 61.6 Å². The zero-order valence-corrected chi connectivity index (χ0v) is 17.5. The van der Waals surface area contributed by atoms with Crippen LogP contribution in [-0.4, -0.2) is 42.5 Å². The molecule has 0 bridgehead atoms. The normalized spacial score (nSPS) is 18.5. The SMILES string of the molecule is Cc1c(CCN2CCC(N3ONc4cc(C(N)=O)ccc43)CC2)ccc2c1COC2=O. The molecule has 162 valence electrons. The summed E-state index contributed by atoms with van der Waals surface area (Å²) in [5.74, 6) is -0.660. The van der Waals surface area contributed by atoms with Gasteiger partial charge in [-0.15, -0.1) is 0 Å². The highest BCUT2D eigenvalue weighted by Crippen LogP contribution is 2.36. The van der Waals surface area contributed by atoms with Crippen LogP contribution < -0.4 is 16.3 Å². The fourth-order valence-corrected chi connectivity index (χ4v) is 4.71. The zero-order chi connectivity index (χ0) is 21.5. The van der Waals surface area contributed by atoms with E-state index in [2.05, 4.69) is 23.4 Å². The van der Waals surface area contributed by atoms with Crippen molar-refractivity contribution in [2.24, 2.45) is 5.73 Å². The van der Waals surface area contributed by atoms with Crippen molar-refractivity contribution in [2.45, 2.75) is 38.8 Å². The molecule has 0 spiro atoms. The van der Waals surface area contributed by atoms with Gasteiger partial charge in [0.25, 0.3) is 0 Å². The summed E-state index contributed by atoms with van der Waals surface area (Å²) < 4.78 is 5.16. The Bertz CT molecular complexity index is 1050. The summed E-state index contributed by atoms with van der Waals surface area (Å²) in [7, 11) is 0. The average Bonchev–Trinajstić information content (AvgIpc) is 3.37. The Morgan fingerprint density at radius 1 is 1.23 bits per heavy atom. The van der Waals surface area contributed by atoms with E-state index in [0.29, 0.717) is 17.7 Å². The number of piperidine rings is 1. The largest absolute Gasteiger partial charge is 0.457 e. The third kappa shape index (κ3) is 3.62. The van der Waals surface area contributed by atoms with Crippen molar-refractivity contribution in [3.05, 3.63) is 58.1 Å². The first-order valence-electron chi connectivity index (χ1n) is 10.7. The van der Waals surface area contributed by atoms with Crippen LogP contribution in [-0.2, 0) is 22.7 Å². The monoisotopic (exact) mass is 422 g/mol. The highest BCUT2D eigenvalue weighted by Gasteiger charge is 2.31. The van der Waals surface area contributed by atoms with E-state index in [1.165, 1.54) is 11.1 Å². The summed E-state index contributed by atoms with van der Waals surface area (Å²) >= 11 is 0. The maximum atomic E-state index is 11.7. The van der Waals surface area contributed by atoms with Gasteiger partial charge < -0.3 is 15.4 Å². The van der Waals surface area contributed by atoms with Crippen LogP contribution in [0.15, 0.2) is 30.3 Å². The van der Waals surface area contributed by atoms with Crippen molar-refractivity contribution in [2.75, 3.05) is 30.2 Å². The second-order valence-electron chi connectivity index (χ2n) is 8.39. The van der Waals surface area contributed by atoms with Gasteiger partial charge in [0.2, 0.25) is 5.91 Å². The van der Waals surface area contributed by atoms with Crippen LogP contribution in [0.1, 0.15) is 50.2 Å². The predicted molar refractivity (Wildman–Crippen MR) is 116 cm³/mol. The summed E-state index contributed by atoms with van der Waals surface area (Å²) in [6.45, 7) is 5.45. The number of cyclic esters (lactones) is 1. The number of ether oxygens (including phenoxy) is 1. The number of hydrogen-bond acceptors (Lipinski definition) is 7. The van der Waals surface area contributed by atoms with Gasteiger partial charge in [-0.1, -0.05) is 6.07 Å². The van der Waals surface area contributed by atoms with E-state index < -0.39 is 5.91 Å². The molecule has 2 aromatic carbocycles. The van der Waals surface area contributed by atoms with Gasteiger partial charge in [-0.2, -0.15) is 4.94 Å². The van der Waals surface area contributed by atoms with Crippen LogP contribution in [0.2, 0.25) is 0 Å². The molecule has 1 amide bonds. The first-order valence-corrected chi connectivity index (χ1v) is 10.7. The average molecular weight is 422 g/mol. The second-order valence-corrected chi connectivity index (χ2v) is 8.39. The summed E-state index contributed by atoms with van der Waals surface area (Å²) in [5.41, 5.74) is 14.7. The summed E-state index contributed by atoms with van der Waals surface area (Å²) in [6, 6.07) is 9.58. The predicted octanol–water partition coefficient (Wildman–Crippen LogP) is 2.55. The maximum Gasteiger partial charge on any atom is 0.338 e. The quantitative estimate of drug-likeness (QED) is 0.715. The van der Waals surface area contributed by atoms with Crippen molar-refractivity contribution >= 4 is 23.3 Å². The molecule has 3 heterocycles. The van der Waals surface area contributed by atoms with Crippen molar-refractivity contribution in [3.63, 3.8) is 0 Å². The molecule has 3 aliphatic heterocycles. The van der Waals surface area contributed by atoms with E-state index in [1.807, 2.05) is 17.2 Å². The molecule has 0 aliphatic carbocycles. The Hall–Kier alpha value is -3.10. The first-order chi connectivity index (χ1) is 15.0. The van der Waals surface area contributed by atoms with E-state index in [-0.39, 0.29) is 12.0 Å². The number of carbonyl (C=O) groups excluding carboxylic acids is 2. The fraction of sp³-hybridized carbons (Fsp3) is 0.391. The molecule has 0 atom stereocenters. The van der Waals surface area contributed by atoms with Crippen LogP contribution >= 0.6 is 0 Å². The fourth-order valence-electron chi connectivity index (χ4n) is 4.71. The number of anilines is 2. The lowest BCUT2D eigenvalue weighted by Crippen LogP contribution is -2.44. The van der Waals surface area contributed by atoms with Gasteiger partial charge in [-0.25, -0.2) is 15.3 Å². The second kappa shape index (κ2) is 7.86. The van der Waals surface area contributed by atoms with Gasteiger partial charge in [0, 0.05) is 30.8 Å². The van der Waals surface area contributed by atoms with Gasteiger partial charge in [0.05, 0.1) is 23.0 Å². The summed E-state index contributed by atoms with van der Waals surface area (Å²) in [5, 5.41) is 1.92. The Labute approximate surface area is 180 Å². The number of primary amides is 1. The number of esters is 1. The van der Waals surface area contributed by atoms with Crippen molar-refractivity contribution < 1.29 is 19.3 Å². The summed E-state index contributed by atoms with van der Waals surface area (Å²) in [6.07, 6.45) is 2.94. The lowest BCUT2D eigenvalue weighted by molar-refractivity contribution is 0.0534. The van der Waals surface area contributed by atoms with Gasteiger partial charge in [0.1, 0.15) is 6.61 Å². The van der Waals surface area contributed by atoms with E-state index in [1.54, 1.807) is 12.1 Å². The Morgan fingerprint density at radius 2 is 2.03 bits per heavy atom. The van der Waals surface area contributed by atoms with Crippen LogP contribution in [0.5, 0.6) is 0 Å². The first kappa shape index (κ1) is 19.8. The van der Waals surface area contributed by atoms with Crippen molar-refractivity contribution in [1.82, 2.24) is 4.90 Å². The van der Waals surface area contributed by atoms with Crippen LogP contribution in [0.25, 0.3) is 0 Å². The van der Waals surface area contributed by atoms with Gasteiger partial charge >= 0.3 is 5.97 Å². The van der Waals surface area contributed by atoms with Crippen LogP contribution in [0.4, 0.5) is 11.4 Å². The number of benzene rings is 2. The Balaban J connectivity index is 1.17. The molecule has 0 radical (unpaired) electrons. The lowest BCUT2D eigenvalue weighted by Gasteiger charge is -2.36. The smallest absolute Gasteiger partial charge is 0.338 e. The lowest BCUT2D eigenvalue weighted by atomic mass is 9.96. The van der Waals surface area contributed by atoms with E-state index in [0.717, 1.165) is 55.8 Å². The number of nitrogens with one attached hydrogen (secondary N) is 1. The molecule has 0 aromatic heterocycles. The van der Waals surface area contributed by atoms with Crippen LogP contribution in [0.3, 0.4) is 0 Å². The molecular weight excluding hydrogens is 396 g/mol. The molecule has 5 rings (SSSR count). The van der Waals surface area contributed by atoms with Gasteiger partial charge in [-0.3, -0.25) is 4.79 Å². The molecule has 8 nitrogen and oxygen atoms in total. The van der Waals surface area contributed by atoms with Crippen LogP contribution in [0, 0.1) is 6.92 Å². The molecule has 1 fully saturated rings. The molecule has 0 saturated carbocycles. The molecule has 31 heavy (non-hydrogen) atoms. The van der Waals surface area contributed by atoms with E-state index in [4.69, 9.17) is 15.4 Å². The standard InChI is InChI=1S/C23H26N4O4/c1-14-15(2-4-18-19(14)13-30-23(18)29)6-9-26-10-7-17(8-11-26)27-21-5-3-16(22(24)28)12-20(21)25-31-27/h2-5,12,17,25H,6-11,13H2,1H3,(H2,24,28). The van der Waals surface area contributed by atoms with Crippen molar-refractivity contribution in [1.29, 1.82) is 0 Å². The molecule has 0 unspecified atom stereocenters. The molecule has 1 saturated heterocycles. The number of nitrogens with zero attached hydrogens (tertiary/aromatic N) is 2. The Morgan fingerprint density at radius 3 is 2.81 bits per heavy atom. The third-order valence-electron chi connectivity index (χ3n) is 6.64. The zero-order valence-electron chi connectivity index (χ0n) is 17.5. The number of hydroxylamine groups is 1. The maximum absolute atomic E-state index is 11.7. The minimum absolute atomic E-state index is 0.210. The number of amides is 1. The minimum Gasteiger partial charge on any atom is -0.457 e. The molecule has 2 aromatic rings. The van der Waals surface area contributed by atoms with E-state index in [9.17, 15) is 9.59 Å². The molecule has 3 aliphatic rings. The minimum atomic E-state index is -0.450. The summed E-state index contributed by atoms with van der Waals surface area (Å²) in [4.78, 5) is 31.3. The number of nitrogens with two attached hydrogens (primary N) is 1. The number of fused-ring (bicyclic) bond motifs is 2.